The van der Waals surface area contributed by atoms with E-state index in [4.69, 9.17) is 10.5 Å². The molecule has 1 aromatic carbocycles. The van der Waals surface area contributed by atoms with Crippen molar-refractivity contribution >= 4 is 10.9 Å². The second-order valence-corrected chi connectivity index (χ2v) is 2.28. The smallest absolute Gasteiger partial charge is 0.0701 e. The lowest BCUT2D eigenvalue weighted by molar-refractivity contribution is -0.465. The van der Waals surface area contributed by atoms with Crippen molar-refractivity contribution in [2.75, 3.05) is 0 Å². The zero-order valence-electron chi connectivity index (χ0n) is 6.79. The predicted octanol–water partition coefficient (Wildman–Crippen LogP) is 2.18. The zero-order valence-corrected chi connectivity index (χ0v) is 6.79. The molecule has 1 heterocycles. The first-order valence-electron chi connectivity index (χ1n) is 3.63. The van der Waals surface area contributed by atoms with E-state index < -0.39 is 0 Å². The van der Waals surface area contributed by atoms with E-state index in [2.05, 4.69) is 22.2 Å². The van der Waals surface area contributed by atoms with Crippen molar-refractivity contribution in [3.05, 3.63) is 42.6 Å². The summed E-state index contributed by atoms with van der Waals surface area (Å²) in [5.41, 5.74) is 1.06. The minimum absolute atomic E-state index is 1.06. The highest BCUT2D eigenvalue weighted by Gasteiger charge is 1.86. The van der Waals surface area contributed by atoms with Gasteiger partial charge in [-0.25, -0.2) is 10.5 Å². The number of hydrogen-bond acceptors (Lipinski definition) is 4. The van der Waals surface area contributed by atoms with Crippen LogP contribution in [0.3, 0.4) is 0 Å². The normalized spacial score (nSPS) is 9.08. The van der Waals surface area contributed by atoms with Gasteiger partial charge in [0.15, 0.2) is 0 Å². The fourth-order valence-corrected chi connectivity index (χ4v) is 1.02. The van der Waals surface area contributed by atoms with Crippen LogP contribution >= 0.6 is 0 Å². The molecule has 0 unspecified atom stereocenters. The molecule has 0 saturated heterocycles. The number of para-hydroxylation sites is 1. The molecule has 0 bridgehead atoms. The van der Waals surface area contributed by atoms with Gasteiger partial charge in [-0.05, 0) is 12.1 Å². The molecule has 0 radical (unpaired) electrons. The summed E-state index contributed by atoms with van der Waals surface area (Å²) in [6.45, 7) is 0. The lowest BCUT2D eigenvalue weighted by Crippen LogP contribution is -1.73. The third-order valence-corrected chi connectivity index (χ3v) is 1.51. The Kier molecular flexibility index (Phi) is 3.84. The summed E-state index contributed by atoms with van der Waals surface area (Å²) in [7, 11) is 0. The molecule has 13 heavy (non-hydrogen) atoms. The van der Waals surface area contributed by atoms with Gasteiger partial charge >= 0.3 is 0 Å². The number of hydrogen-bond donors (Lipinski definition) is 2. The Morgan fingerprint density at radius 1 is 1.00 bits per heavy atom. The van der Waals surface area contributed by atoms with Gasteiger partial charge in [0, 0.05) is 11.6 Å². The van der Waals surface area contributed by atoms with Crippen LogP contribution in [-0.4, -0.2) is 15.5 Å². The average Bonchev–Trinajstić information content (AvgIpc) is 2.19. The molecule has 68 valence electrons. The Bertz CT molecular complexity index is 299. The van der Waals surface area contributed by atoms with Gasteiger partial charge in [0.25, 0.3) is 0 Å². The second-order valence-electron chi connectivity index (χ2n) is 2.28. The van der Waals surface area contributed by atoms with Crippen molar-refractivity contribution in [1.82, 2.24) is 4.98 Å². The van der Waals surface area contributed by atoms with E-state index in [1.807, 2.05) is 30.5 Å². The SMILES string of the molecule is OOO.c1ccc2ncccc2c1. The Balaban J connectivity index is 0.000000251. The molecule has 2 rings (SSSR count). The first-order chi connectivity index (χ1) is 6.38. The maximum absolute atomic E-state index is 6.62. The third-order valence-electron chi connectivity index (χ3n) is 1.51. The van der Waals surface area contributed by atoms with Gasteiger partial charge in [-0.2, -0.15) is 0 Å². The minimum atomic E-state index is 1.06. The van der Waals surface area contributed by atoms with Crippen LogP contribution in [0.4, 0.5) is 0 Å². The molecule has 4 nitrogen and oxygen atoms in total. The van der Waals surface area contributed by atoms with Crippen LogP contribution in [0.2, 0.25) is 0 Å². The molecule has 0 fully saturated rings. The van der Waals surface area contributed by atoms with Crippen molar-refractivity contribution in [2.45, 2.75) is 0 Å². The highest BCUT2D eigenvalue weighted by Crippen LogP contribution is 2.07. The van der Waals surface area contributed by atoms with Gasteiger partial charge in [0.05, 0.1) is 5.52 Å². The number of benzene rings is 1. The molecule has 0 amide bonds. The summed E-state index contributed by atoms with van der Waals surface area (Å²) < 4.78 is 0. The fraction of sp³-hybridized carbons (Fsp3) is 0. The molecule has 1 aromatic heterocycles. The molecule has 4 heteroatoms. The first-order valence-corrected chi connectivity index (χ1v) is 3.63. The average molecular weight is 179 g/mol. The van der Waals surface area contributed by atoms with Crippen LogP contribution in [0, 0.1) is 0 Å². The van der Waals surface area contributed by atoms with Gasteiger partial charge in [0.2, 0.25) is 0 Å². The number of nitrogens with zero attached hydrogens (tertiary/aromatic N) is 1. The zero-order chi connectivity index (χ0) is 9.52. The topological polar surface area (TPSA) is 62.6 Å². The van der Waals surface area contributed by atoms with Crippen molar-refractivity contribution < 1.29 is 15.6 Å². The Morgan fingerprint density at radius 2 is 1.62 bits per heavy atom. The Labute approximate surface area is 74.9 Å². The maximum Gasteiger partial charge on any atom is 0.0701 e. The molecule has 0 spiro atoms. The number of rotatable bonds is 0. The summed E-state index contributed by atoms with van der Waals surface area (Å²) in [6, 6.07) is 12.1. The third kappa shape index (κ3) is 2.79. The predicted molar refractivity (Wildman–Crippen MR) is 48.1 cm³/mol. The van der Waals surface area contributed by atoms with Crippen molar-refractivity contribution in [3.8, 4) is 0 Å². The van der Waals surface area contributed by atoms with Crippen LogP contribution in [0.15, 0.2) is 42.6 Å². The quantitative estimate of drug-likeness (QED) is 0.480. The van der Waals surface area contributed by atoms with E-state index in [0.29, 0.717) is 0 Å². The summed E-state index contributed by atoms with van der Waals surface area (Å²) in [4.78, 5) is 4.18. The maximum atomic E-state index is 6.62. The molecular formula is C9H9NO3. The molecule has 2 aromatic rings. The highest BCUT2D eigenvalue weighted by molar-refractivity contribution is 5.77. The van der Waals surface area contributed by atoms with Crippen LogP contribution in [-0.2, 0) is 5.04 Å². The molecule has 2 N–H and O–H groups in total. The molecule has 0 aliphatic carbocycles. The summed E-state index contributed by atoms with van der Waals surface area (Å²) >= 11 is 0. The van der Waals surface area contributed by atoms with E-state index >= 15 is 0 Å². The van der Waals surface area contributed by atoms with Gasteiger partial charge in [-0.3, -0.25) is 4.98 Å². The van der Waals surface area contributed by atoms with E-state index in [-0.39, 0.29) is 0 Å². The van der Waals surface area contributed by atoms with Gasteiger partial charge in [-0.1, -0.05) is 29.3 Å². The summed E-state index contributed by atoms with van der Waals surface area (Å²) in [5.74, 6) is 0. The molecule has 0 saturated carbocycles. The van der Waals surface area contributed by atoms with Crippen molar-refractivity contribution in [3.63, 3.8) is 0 Å². The van der Waals surface area contributed by atoms with Gasteiger partial charge in [0.1, 0.15) is 0 Å². The lowest BCUT2D eigenvalue weighted by atomic mass is 10.2. The van der Waals surface area contributed by atoms with Gasteiger partial charge in [-0.15, -0.1) is 0 Å². The molecule has 0 aliphatic rings. The highest BCUT2D eigenvalue weighted by atomic mass is 17.4. The minimum Gasteiger partial charge on any atom is -0.256 e. The fourth-order valence-electron chi connectivity index (χ4n) is 1.02. The number of fused-ring (bicyclic) bond motifs is 1. The van der Waals surface area contributed by atoms with E-state index in [1.54, 1.807) is 0 Å². The van der Waals surface area contributed by atoms with Crippen LogP contribution in [0.1, 0.15) is 0 Å². The Morgan fingerprint density at radius 3 is 2.31 bits per heavy atom. The molecular weight excluding hydrogens is 170 g/mol. The lowest BCUT2D eigenvalue weighted by Gasteiger charge is -1.91. The van der Waals surface area contributed by atoms with Crippen LogP contribution in [0.25, 0.3) is 10.9 Å². The molecule has 0 atom stereocenters. The van der Waals surface area contributed by atoms with E-state index in [0.717, 1.165) is 5.52 Å². The van der Waals surface area contributed by atoms with Crippen molar-refractivity contribution in [1.29, 1.82) is 0 Å². The van der Waals surface area contributed by atoms with Gasteiger partial charge < -0.3 is 0 Å². The second kappa shape index (κ2) is 5.21. The van der Waals surface area contributed by atoms with E-state index in [9.17, 15) is 0 Å². The monoisotopic (exact) mass is 179 g/mol. The standard InChI is InChI=1S/C9H7N.H2O3/c1-2-6-9-8(4-1)5-3-7-10-9;1-3-2/h1-7H;1-2H. The van der Waals surface area contributed by atoms with Crippen molar-refractivity contribution in [2.24, 2.45) is 0 Å². The summed E-state index contributed by atoms with van der Waals surface area (Å²) in [5, 5.41) is 16.7. The summed E-state index contributed by atoms with van der Waals surface area (Å²) in [6.07, 6.45) is 1.81. The van der Waals surface area contributed by atoms with Crippen LogP contribution in [0.5, 0.6) is 0 Å². The number of aromatic nitrogens is 1. The Hall–Kier alpha value is -1.49. The first kappa shape index (κ1) is 9.60. The largest absolute Gasteiger partial charge is 0.256 e. The molecule has 0 aliphatic heterocycles. The van der Waals surface area contributed by atoms with E-state index in [1.165, 1.54) is 5.39 Å². The number of pyridine rings is 1. The van der Waals surface area contributed by atoms with Crippen LogP contribution < -0.4 is 0 Å².